The third-order valence-electron chi connectivity index (χ3n) is 2.57. The molecule has 0 atom stereocenters. The Morgan fingerprint density at radius 2 is 2.06 bits per heavy atom. The maximum atomic E-state index is 8.87. The van der Waals surface area contributed by atoms with Gasteiger partial charge in [-0.2, -0.15) is 10.5 Å². The molecule has 94 valence electrons. The molecule has 1 rings (SSSR count). The number of hydrogen-bond donors (Lipinski definition) is 0. The second kappa shape index (κ2) is 6.28. The number of ether oxygens (including phenoxy) is 1. The second-order valence-corrected chi connectivity index (χ2v) is 5.11. The summed E-state index contributed by atoms with van der Waals surface area (Å²) in [5, 5.41) is 18.0. The van der Waals surface area contributed by atoms with Crippen LogP contribution in [0.5, 0.6) is 5.75 Å². The number of nitrogens with zero attached hydrogens (tertiary/aromatic N) is 2. The molecule has 4 heteroatoms. The van der Waals surface area contributed by atoms with Crippen LogP contribution in [0, 0.1) is 28.1 Å². The minimum atomic E-state index is -0.322. The Kier molecular flexibility index (Phi) is 5.01. The Labute approximate surface area is 113 Å². The molecule has 0 N–H and O–H groups in total. The molecule has 0 radical (unpaired) electrons. The van der Waals surface area contributed by atoms with Crippen LogP contribution in [0.2, 0.25) is 5.02 Å². The summed E-state index contributed by atoms with van der Waals surface area (Å²) in [7, 11) is 0. The molecule has 0 aliphatic heterocycles. The molecule has 0 fully saturated rings. The fraction of sp³-hybridized carbons (Fsp3) is 0.429. The molecule has 0 saturated carbocycles. The van der Waals surface area contributed by atoms with Crippen LogP contribution in [0.25, 0.3) is 0 Å². The van der Waals surface area contributed by atoms with Crippen LogP contribution >= 0.6 is 11.6 Å². The van der Waals surface area contributed by atoms with E-state index < -0.39 is 0 Å². The second-order valence-electron chi connectivity index (χ2n) is 4.70. The highest BCUT2D eigenvalue weighted by atomic mass is 35.5. The van der Waals surface area contributed by atoms with Crippen LogP contribution in [0.4, 0.5) is 0 Å². The van der Waals surface area contributed by atoms with Gasteiger partial charge in [0.1, 0.15) is 5.75 Å². The Balaban J connectivity index is 2.46. The van der Waals surface area contributed by atoms with Crippen LogP contribution in [-0.2, 0) is 0 Å². The number of nitriles is 2. The van der Waals surface area contributed by atoms with Gasteiger partial charge in [0.2, 0.25) is 0 Å². The van der Waals surface area contributed by atoms with E-state index in [1.165, 1.54) is 0 Å². The third-order valence-corrected chi connectivity index (χ3v) is 2.86. The molecular weight excluding hydrogens is 248 g/mol. The summed E-state index contributed by atoms with van der Waals surface area (Å²) in [6.07, 6.45) is 1.56. The van der Waals surface area contributed by atoms with E-state index in [2.05, 4.69) is 6.07 Å². The molecule has 0 aliphatic rings. The molecule has 1 aromatic carbocycles. The Morgan fingerprint density at radius 3 is 2.61 bits per heavy atom. The van der Waals surface area contributed by atoms with Crippen molar-refractivity contribution >= 4 is 11.6 Å². The minimum absolute atomic E-state index is 0.322. The average molecular weight is 263 g/mol. The lowest BCUT2D eigenvalue weighted by atomic mass is 9.90. The molecule has 0 amide bonds. The van der Waals surface area contributed by atoms with Gasteiger partial charge in [0, 0.05) is 0 Å². The first kappa shape index (κ1) is 14.4. The third kappa shape index (κ3) is 4.28. The summed E-state index contributed by atoms with van der Waals surface area (Å²) in [6.45, 7) is 4.32. The van der Waals surface area contributed by atoms with E-state index in [4.69, 9.17) is 26.9 Å². The molecule has 18 heavy (non-hydrogen) atoms. The SMILES string of the molecule is CC(C)(C#N)CCCOc1ccc(C#N)cc1Cl. The van der Waals surface area contributed by atoms with Gasteiger partial charge < -0.3 is 4.74 Å². The molecular formula is C14H15ClN2O. The van der Waals surface area contributed by atoms with Crippen LogP contribution in [0.15, 0.2) is 18.2 Å². The number of rotatable bonds is 5. The fourth-order valence-electron chi connectivity index (χ4n) is 1.44. The van der Waals surface area contributed by atoms with E-state index in [-0.39, 0.29) is 5.41 Å². The maximum absolute atomic E-state index is 8.87. The smallest absolute Gasteiger partial charge is 0.137 e. The summed E-state index contributed by atoms with van der Waals surface area (Å²) in [6, 6.07) is 9.20. The normalized spacial score (nSPS) is 10.5. The largest absolute Gasteiger partial charge is 0.492 e. The van der Waals surface area contributed by atoms with E-state index in [1.54, 1.807) is 18.2 Å². The van der Waals surface area contributed by atoms with E-state index in [1.807, 2.05) is 19.9 Å². The molecule has 0 heterocycles. The van der Waals surface area contributed by atoms with Crippen LogP contribution in [0.1, 0.15) is 32.3 Å². The van der Waals surface area contributed by atoms with Crippen molar-refractivity contribution in [3.05, 3.63) is 28.8 Å². The van der Waals surface area contributed by atoms with Gasteiger partial charge in [0.15, 0.2) is 0 Å². The maximum Gasteiger partial charge on any atom is 0.137 e. The van der Waals surface area contributed by atoms with Crippen molar-refractivity contribution < 1.29 is 4.74 Å². The zero-order valence-electron chi connectivity index (χ0n) is 10.5. The summed E-state index contributed by atoms with van der Waals surface area (Å²) < 4.78 is 5.53. The lowest BCUT2D eigenvalue weighted by Gasteiger charge is -2.15. The van der Waals surface area contributed by atoms with Crippen molar-refractivity contribution in [1.82, 2.24) is 0 Å². The van der Waals surface area contributed by atoms with Gasteiger partial charge >= 0.3 is 0 Å². The first-order chi connectivity index (χ1) is 8.48. The molecule has 1 aromatic rings. The number of hydrogen-bond acceptors (Lipinski definition) is 3. The molecule has 0 spiro atoms. The van der Waals surface area contributed by atoms with Gasteiger partial charge in [-0.3, -0.25) is 0 Å². The molecule has 0 saturated heterocycles. The van der Waals surface area contributed by atoms with Crippen molar-refractivity contribution in [2.75, 3.05) is 6.61 Å². The Bertz CT molecular complexity index is 497. The monoisotopic (exact) mass is 262 g/mol. The van der Waals surface area contributed by atoms with E-state index >= 15 is 0 Å². The highest BCUT2D eigenvalue weighted by molar-refractivity contribution is 6.32. The standard InChI is InChI=1S/C14H15ClN2O/c1-14(2,10-17)6-3-7-18-13-5-4-11(9-16)8-12(13)15/h4-5,8H,3,6-7H2,1-2H3. The minimum Gasteiger partial charge on any atom is -0.492 e. The summed E-state index contributed by atoms with van der Waals surface area (Å²) >= 11 is 5.98. The topological polar surface area (TPSA) is 56.8 Å². The van der Waals surface area contributed by atoms with Gasteiger partial charge in [0.05, 0.1) is 34.7 Å². The summed E-state index contributed by atoms with van der Waals surface area (Å²) in [5.41, 5.74) is 0.190. The molecule has 0 bridgehead atoms. The molecule has 3 nitrogen and oxygen atoms in total. The molecule has 0 unspecified atom stereocenters. The van der Waals surface area contributed by atoms with Crippen LogP contribution < -0.4 is 4.74 Å². The Morgan fingerprint density at radius 1 is 1.33 bits per heavy atom. The van der Waals surface area contributed by atoms with E-state index in [0.29, 0.717) is 22.9 Å². The predicted octanol–water partition coefficient (Wildman–Crippen LogP) is 3.92. The first-order valence-electron chi connectivity index (χ1n) is 5.72. The van der Waals surface area contributed by atoms with Gasteiger partial charge in [-0.25, -0.2) is 0 Å². The van der Waals surface area contributed by atoms with Gasteiger partial charge in [-0.1, -0.05) is 11.6 Å². The predicted molar refractivity (Wildman–Crippen MR) is 70.3 cm³/mol. The molecule has 0 aromatic heterocycles. The average Bonchev–Trinajstić information content (AvgIpc) is 2.36. The molecule has 0 aliphatic carbocycles. The summed E-state index contributed by atoms with van der Waals surface area (Å²) in [5.74, 6) is 0.574. The first-order valence-corrected chi connectivity index (χ1v) is 6.10. The van der Waals surface area contributed by atoms with Crippen LogP contribution in [-0.4, -0.2) is 6.61 Å². The van der Waals surface area contributed by atoms with Crippen molar-refractivity contribution in [1.29, 1.82) is 10.5 Å². The van der Waals surface area contributed by atoms with E-state index in [0.717, 1.165) is 12.8 Å². The van der Waals surface area contributed by atoms with Crippen molar-refractivity contribution in [3.8, 4) is 17.9 Å². The number of benzene rings is 1. The number of halogens is 1. The zero-order valence-corrected chi connectivity index (χ0v) is 11.3. The lowest BCUT2D eigenvalue weighted by molar-refractivity contribution is 0.284. The van der Waals surface area contributed by atoms with E-state index in [9.17, 15) is 0 Å². The van der Waals surface area contributed by atoms with Crippen molar-refractivity contribution in [3.63, 3.8) is 0 Å². The quantitative estimate of drug-likeness (QED) is 0.756. The Hall–Kier alpha value is -1.71. The highest BCUT2D eigenvalue weighted by Gasteiger charge is 2.15. The van der Waals surface area contributed by atoms with Crippen LogP contribution in [0.3, 0.4) is 0 Å². The fourth-order valence-corrected chi connectivity index (χ4v) is 1.67. The highest BCUT2D eigenvalue weighted by Crippen LogP contribution is 2.26. The van der Waals surface area contributed by atoms with Gasteiger partial charge in [0.25, 0.3) is 0 Å². The summed E-state index contributed by atoms with van der Waals surface area (Å²) in [4.78, 5) is 0. The van der Waals surface area contributed by atoms with Gasteiger partial charge in [-0.05, 0) is 44.9 Å². The lowest BCUT2D eigenvalue weighted by Crippen LogP contribution is -2.10. The zero-order chi connectivity index (χ0) is 13.6. The van der Waals surface area contributed by atoms with Crippen molar-refractivity contribution in [2.24, 2.45) is 5.41 Å². The van der Waals surface area contributed by atoms with Crippen molar-refractivity contribution in [2.45, 2.75) is 26.7 Å². The van der Waals surface area contributed by atoms with Gasteiger partial charge in [-0.15, -0.1) is 0 Å².